The van der Waals surface area contributed by atoms with Gasteiger partial charge in [0.1, 0.15) is 11.6 Å². The van der Waals surface area contributed by atoms with Crippen LogP contribution >= 0.6 is 0 Å². The molecule has 0 saturated carbocycles. The molecule has 0 spiro atoms. The van der Waals surface area contributed by atoms with Crippen molar-refractivity contribution in [2.75, 3.05) is 5.32 Å². The third-order valence-electron chi connectivity index (χ3n) is 3.53. The summed E-state index contributed by atoms with van der Waals surface area (Å²) in [5.74, 6) is -0.885. The highest BCUT2D eigenvalue weighted by molar-refractivity contribution is 6.11. The number of hydrogen-bond donors (Lipinski definition) is 3. The molecule has 1 amide bonds. The van der Waals surface area contributed by atoms with Gasteiger partial charge in [-0.25, -0.2) is 13.8 Å². The topological polar surface area (TPSA) is 82.2 Å². The molecule has 140 valence electrons. The molecule has 0 radical (unpaired) electrons. The number of anilines is 1. The maximum atomic E-state index is 13.4. The van der Waals surface area contributed by atoms with E-state index in [2.05, 4.69) is 25.8 Å². The van der Waals surface area contributed by atoms with Crippen LogP contribution in [-0.4, -0.2) is 27.6 Å². The highest BCUT2D eigenvalue weighted by Gasteiger charge is 2.16. The summed E-state index contributed by atoms with van der Waals surface area (Å²) in [7, 11) is 0. The molecule has 6 nitrogen and oxygen atoms in total. The van der Waals surface area contributed by atoms with Crippen molar-refractivity contribution >= 4 is 28.6 Å². The molecule has 3 aromatic rings. The number of carbonyl (C=O) groups excluding carboxylic acids is 1. The highest BCUT2D eigenvalue weighted by Crippen LogP contribution is 2.21. The Hall–Kier alpha value is -3.29. The Morgan fingerprint density at radius 2 is 1.85 bits per heavy atom. The molecule has 0 aliphatic heterocycles. The van der Waals surface area contributed by atoms with E-state index >= 15 is 0 Å². The predicted molar refractivity (Wildman–Crippen MR) is 101 cm³/mol. The van der Waals surface area contributed by atoms with E-state index in [0.29, 0.717) is 16.7 Å². The number of aromatic nitrogens is 2. The van der Waals surface area contributed by atoms with Crippen molar-refractivity contribution in [1.29, 1.82) is 0 Å². The maximum absolute atomic E-state index is 13.4. The summed E-state index contributed by atoms with van der Waals surface area (Å²) in [6.45, 7) is 5.59. The van der Waals surface area contributed by atoms with Gasteiger partial charge >= 0.3 is 0 Å². The quantitative estimate of drug-likeness (QED) is 0.473. The molecule has 0 fully saturated rings. The molecule has 0 aliphatic rings. The zero-order chi connectivity index (χ0) is 19.6. The summed E-state index contributed by atoms with van der Waals surface area (Å²) in [6, 6.07) is 9.55. The fraction of sp³-hybridized carbons (Fsp3) is 0.211. The molecule has 0 atom stereocenters. The second kappa shape index (κ2) is 7.14. The normalized spacial score (nSPS) is 12.3. The van der Waals surface area contributed by atoms with E-state index in [-0.39, 0.29) is 17.3 Å². The SMILES string of the molecule is CC(C)(C)N=C(NC(=O)c1cccc(F)c1)Nc1n[nH]c2cc(F)ccc12. The van der Waals surface area contributed by atoms with E-state index in [1.54, 1.807) is 6.07 Å². The second-order valence-electron chi connectivity index (χ2n) is 6.98. The van der Waals surface area contributed by atoms with Crippen LogP contribution in [0.1, 0.15) is 31.1 Å². The first-order valence-corrected chi connectivity index (χ1v) is 8.29. The summed E-state index contributed by atoms with van der Waals surface area (Å²) in [5, 5.41) is 13.1. The number of fused-ring (bicyclic) bond motifs is 1. The molecular formula is C19H19F2N5O. The predicted octanol–water partition coefficient (Wildman–Crippen LogP) is 3.84. The molecule has 3 N–H and O–H groups in total. The number of halogens is 2. The minimum absolute atomic E-state index is 0.148. The molecule has 0 aliphatic carbocycles. The molecular weight excluding hydrogens is 352 g/mol. The Labute approximate surface area is 154 Å². The Kier molecular flexibility index (Phi) is 4.89. The zero-order valence-electron chi connectivity index (χ0n) is 15.1. The first-order valence-electron chi connectivity index (χ1n) is 8.29. The van der Waals surface area contributed by atoms with Gasteiger partial charge in [-0.1, -0.05) is 6.07 Å². The average Bonchev–Trinajstić information content (AvgIpc) is 2.95. The molecule has 27 heavy (non-hydrogen) atoms. The summed E-state index contributed by atoms with van der Waals surface area (Å²) in [5.41, 5.74) is 0.159. The molecule has 2 aromatic carbocycles. The lowest BCUT2D eigenvalue weighted by molar-refractivity contribution is 0.0976. The van der Waals surface area contributed by atoms with E-state index in [4.69, 9.17) is 0 Å². The Balaban J connectivity index is 1.89. The number of nitrogens with one attached hydrogen (secondary N) is 3. The standard InChI is InChI=1S/C19H19F2N5O/c1-19(2,3)24-18(23-17(27)11-5-4-6-12(20)9-11)22-16-14-8-7-13(21)10-15(14)25-26-16/h4-10H,1-3H3,(H3,22,23,24,25,26,27). The summed E-state index contributed by atoms with van der Waals surface area (Å²) in [6.07, 6.45) is 0. The van der Waals surface area contributed by atoms with Crippen LogP contribution in [0.25, 0.3) is 10.9 Å². The van der Waals surface area contributed by atoms with Gasteiger partial charge in [-0.05, 0) is 57.2 Å². The summed E-state index contributed by atoms with van der Waals surface area (Å²) in [4.78, 5) is 16.9. The number of hydrogen-bond acceptors (Lipinski definition) is 3. The van der Waals surface area contributed by atoms with Gasteiger partial charge in [0.25, 0.3) is 5.91 Å². The third kappa shape index (κ3) is 4.66. The lowest BCUT2D eigenvalue weighted by Gasteiger charge is -2.17. The number of benzene rings is 2. The number of H-pyrrole nitrogens is 1. The van der Waals surface area contributed by atoms with Crippen LogP contribution in [0.3, 0.4) is 0 Å². The van der Waals surface area contributed by atoms with E-state index in [1.807, 2.05) is 20.8 Å². The van der Waals surface area contributed by atoms with Gasteiger partial charge in [-0.15, -0.1) is 0 Å². The summed E-state index contributed by atoms with van der Waals surface area (Å²) >= 11 is 0. The second-order valence-corrected chi connectivity index (χ2v) is 6.98. The molecule has 1 aromatic heterocycles. The maximum Gasteiger partial charge on any atom is 0.258 e. The number of guanidine groups is 1. The van der Waals surface area contributed by atoms with Crippen LogP contribution in [0.5, 0.6) is 0 Å². The van der Waals surface area contributed by atoms with Gasteiger partial charge in [0.05, 0.1) is 11.1 Å². The molecule has 0 saturated heterocycles. The Morgan fingerprint density at radius 1 is 1.11 bits per heavy atom. The number of aliphatic imine (C=N–C) groups is 1. The number of nitrogens with zero attached hydrogens (tertiary/aromatic N) is 2. The lowest BCUT2D eigenvalue weighted by atomic mass is 10.1. The number of amides is 1. The fourth-order valence-corrected chi connectivity index (χ4v) is 2.43. The van der Waals surface area contributed by atoms with Crippen molar-refractivity contribution in [1.82, 2.24) is 15.5 Å². The number of carbonyl (C=O) groups is 1. The average molecular weight is 371 g/mol. The minimum Gasteiger partial charge on any atom is -0.309 e. The van der Waals surface area contributed by atoms with Gasteiger partial charge in [-0.3, -0.25) is 15.2 Å². The lowest BCUT2D eigenvalue weighted by Crippen LogP contribution is -2.38. The number of rotatable bonds is 2. The van der Waals surface area contributed by atoms with Crippen LogP contribution in [0.4, 0.5) is 14.6 Å². The van der Waals surface area contributed by atoms with Crippen LogP contribution in [0.15, 0.2) is 47.5 Å². The van der Waals surface area contributed by atoms with Gasteiger partial charge in [0.15, 0.2) is 5.82 Å². The van der Waals surface area contributed by atoms with Crippen molar-refractivity contribution in [3.05, 3.63) is 59.7 Å². The van der Waals surface area contributed by atoms with Crippen LogP contribution in [0.2, 0.25) is 0 Å². The molecule has 8 heteroatoms. The van der Waals surface area contributed by atoms with Crippen molar-refractivity contribution < 1.29 is 13.6 Å². The smallest absolute Gasteiger partial charge is 0.258 e. The van der Waals surface area contributed by atoms with Gasteiger partial charge < -0.3 is 5.32 Å². The van der Waals surface area contributed by atoms with Crippen molar-refractivity contribution in [2.24, 2.45) is 4.99 Å². The van der Waals surface area contributed by atoms with Crippen LogP contribution < -0.4 is 10.6 Å². The fourth-order valence-electron chi connectivity index (χ4n) is 2.43. The van der Waals surface area contributed by atoms with E-state index in [0.717, 1.165) is 6.07 Å². The molecule has 3 rings (SSSR count). The van der Waals surface area contributed by atoms with E-state index in [1.165, 1.54) is 30.3 Å². The Morgan fingerprint density at radius 3 is 2.56 bits per heavy atom. The minimum atomic E-state index is -0.518. The van der Waals surface area contributed by atoms with Gasteiger partial charge in [0, 0.05) is 10.9 Å². The highest BCUT2D eigenvalue weighted by atomic mass is 19.1. The van der Waals surface area contributed by atoms with Crippen LogP contribution in [-0.2, 0) is 0 Å². The molecule has 0 unspecified atom stereocenters. The Bertz CT molecular complexity index is 1020. The van der Waals surface area contributed by atoms with Crippen LogP contribution in [0, 0.1) is 11.6 Å². The summed E-state index contributed by atoms with van der Waals surface area (Å²) < 4.78 is 26.7. The van der Waals surface area contributed by atoms with Crippen molar-refractivity contribution in [3.63, 3.8) is 0 Å². The largest absolute Gasteiger partial charge is 0.309 e. The van der Waals surface area contributed by atoms with E-state index < -0.39 is 17.3 Å². The molecule has 0 bridgehead atoms. The third-order valence-corrected chi connectivity index (χ3v) is 3.53. The van der Waals surface area contributed by atoms with Crippen molar-refractivity contribution in [3.8, 4) is 0 Å². The zero-order valence-corrected chi connectivity index (χ0v) is 15.1. The first-order chi connectivity index (χ1) is 12.7. The first kappa shape index (κ1) is 18.5. The monoisotopic (exact) mass is 371 g/mol. The molecule has 1 heterocycles. The van der Waals surface area contributed by atoms with E-state index in [9.17, 15) is 13.6 Å². The van der Waals surface area contributed by atoms with Crippen molar-refractivity contribution in [2.45, 2.75) is 26.3 Å². The van der Waals surface area contributed by atoms with Gasteiger partial charge in [0.2, 0.25) is 5.96 Å². The number of aromatic amines is 1. The van der Waals surface area contributed by atoms with Gasteiger partial charge in [-0.2, -0.15) is 5.10 Å².